The van der Waals surface area contributed by atoms with Gasteiger partial charge in [0.2, 0.25) is 0 Å². The van der Waals surface area contributed by atoms with E-state index >= 15 is 0 Å². The molecule has 2 rings (SSSR count). The van der Waals surface area contributed by atoms with Crippen LogP contribution in [0.2, 0.25) is 0 Å². The van der Waals surface area contributed by atoms with Gasteiger partial charge in [-0.3, -0.25) is 0 Å². The van der Waals surface area contributed by atoms with Gasteiger partial charge in [-0.15, -0.1) is 0 Å². The van der Waals surface area contributed by atoms with E-state index in [-0.39, 0.29) is 5.54 Å². The van der Waals surface area contributed by atoms with Crippen molar-refractivity contribution < 1.29 is 0 Å². The molecule has 1 aromatic rings. The molecule has 0 saturated carbocycles. The van der Waals surface area contributed by atoms with Gasteiger partial charge in [-0.2, -0.15) is 0 Å². The van der Waals surface area contributed by atoms with Gasteiger partial charge in [0.25, 0.3) is 0 Å². The molecular formula is C15H21NS. The molecular weight excluding hydrogens is 226 g/mol. The molecule has 1 nitrogen and oxygen atoms in total. The normalized spacial score (nSPS) is 17.6. The van der Waals surface area contributed by atoms with Crippen molar-refractivity contribution in [3.8, 4) is 0 Å². The number of thiocarbonyl (C=S) groups is 1. The van der Waals surface area contributed by atoms with E-state index in [1.807, 2.05) is 0 Å². The van der Waals surface area contributed by atoms with E-state index in [2.05, 4.69) is 53.5 Å². The standard InChI is InChI=1S/C15H21NS/c1-8-9(2)11(4)13-12(10(8)3)14(17)15(5,6)16(13)7/h1-7H3. The van der Waals surface area contributed by atoms with E-state index in [4.69, 9.17) is 12.2 Å². The minimum atomic E-state index is -0.0482. The molecule has 0 N–H and O–H groups in total. The Morgan fingerprint density at radius 1 is 0.882 bits per heavy atom. The average Bonchev–Trinajstić information content (AvgIpc) is 2.45. The lowest BCUT2D eigenvalue weighted by atomic mass is 9.90. The van der Waals surface area contributed by atoms with Crippen molar-refractivity contribution in [3.63, 3.8) is 0 Å². The highest BCUT2D eigenvalue weighted by Crippen LogP contribution is 2.44. The number of nitrogens with zero attached hydrogens (tertiary/aromatic N) is 1. The number of anilines is 1. The Hall–Kier alpha value is -0.890. The van der Waals surface area contributed by atoms with Crippen LogP contribution in [0.1, 0.15) is 41.7 Å². The van der Waals surface area contributed by atoms with E-state index < -0.39 is 0 Å². The summed E-state index contributed by atoms with van der Waals surface area (Å²) < 4.78 is 0. The second kappa shape index (κ2) is 3.55. The smallest absolute Gasteiger partial charge is 0.0702 e. The van der Waals surface area contributed by atoms with Crippen LogP contribution in [0.4, 0.5) is 5.69 Å². The van der Waals surface area contributed by atoms with Crippen LogP contribution in [0.3, 0.4) is 0 Å². The van der Waals surface area contributed by atoms with Crippen LogP contribution in [-0.2, 0) is 0 Å². The summed E-state index contributed by atoms with van der Waals surface area (Å²) in [5.41, 5.74) is 8.09. The number of hydrogen-bond acceptors (Lipinski definition) is 2. The maximum atomic E-state index is 5.70. The van der Waals surface area contributed by atoms with Crippen molar-refractivity contribution in [1.29, 1.82) is 0 Å². The Morgan fingerprint density at radius 2 is 1.35 bits per heavy atom. The molecule has 1 heterocycles. The molecule has 0 spiro atoms. The van der Waals surface area contributed by atoms with Gasteiger partial charge in [0.15, 0.2) is 0 Å². The topological polar surface area (TPSA) is 3.24 Å². The van der Waals surface area contributed by atoms with Crippen molar-refractivity contribution in [3.05, 3.63) is 27.8 Å². The van der Waals surface area contributed by atoms with Crippen LogP contribution in [-0.4, -0.2) is 17.5 Å². The Balaban J connectivity index is 2.89. The SMILES string of the molecule is Cc1c(C)c(C)c2c(c1C)C(=S)C(C)(C)N2C. The highest BCUT2D eigenvalue weighted by molar-refractivity contribution is 7.81. The molecule has 0 radical (unpaired) electrons. The first-order chi connectivity index (χ1) is 7.71. The van der Waals surface area contributed by atoms with Gasteiger partial charge in [0.1, 0.15) is 0 Å². The molecule has 0 bridgehead atoms. The zero-order valence-corrected chi connectivity index (χ0v) is 12.7. The number of fused-ring (bicyclic) bond motifs is 1. The van der Waals surface area contributed by atoms with Gasteiger partial charge in [0.05, 0.1) is 5.54 Å². The summed E-state index contributed by atoms with van der Waals surface area (Å²) in [6.45, 7) is 13.2. The molecule has 17 heavy (non-hydrogen) atoms. The number of hydrogen-bond donors (Lipinski definition) is 0. The predicted molar refractivity (Wildman–Crippen MR) is 79.6 cm³/mol. The summed E-state index contributed by atoms with van der Waals surface area (Å²) in [4.78, 5) is 3.41. The van der Waals surface area contributed by atoms with E-state index in [1.54, 1.807) is 0 Å². The molecule has 0 fully saturated rings. The lowest BCUT2D eigenvalue weighted by Gasteiger charge is -2.31. The molecule has 0 atom stereocenters. The zero-order valence-electron chi connectivity index (χ0n) is 11.9. The van der Waals surface area contributed by atoms with Crippen LogP contribution >= 0.6 is 12.2 Å². The number of likely N-dealkylation sites (N-methyl/N-ethyl adjacent to an activating group) is 1. The first-order valence-corrected chi connectivity index (χ1v) is 6.51. The summed E-state index contributed by atoms with van der Waals surface area (Å²) in [7, 11) is 2.15. The van der Waals surface area contributed by atoms with E-state index in [0.717, 1.165) is 4.86 Å². The Morgan fingerprint density at radius 3 is 1.88 bits per heavy atom. The van der Waals surface area contributed by atoms with Crippen molar-refractivity contribution in [2.24, 2.45) is 0 Å². The molecule has 0 saturated heterocycles. The molecule has 1 aromatic carbocycles. The second-order valence-corrected chi connectivity index (χ2v) is 6.08. The van der Waals surface area contributed by atoms with Crippen molar-refractivity contribution in [1.82, 2.24) is 0 Å². The fourth-order valence-electron chi connectivity index (χ4n) is 2.73. The Labute approximate surface area is 110 Å². The number of rotatable bonds is 0. The maximum absolute atomic E-state index is 5.70. The highest BCUT2D eigenvalue weighted by Gasteiger charge is 2.41. The third-order valence-corrected chi connectivity index (χ3v) is 5.31. The average molecular weight is 247 g/mol. The summed E-state index contributed by atoms with van der Waals surface area (Å²) in [6, 6.07) is 0. The molecule has 0 unspecified atom stereocenters. The van der Waals surface area contributed by atoms with E-state index in [0.29, 0.717) is 0 Å². The third kappa shape index (κ3) is 1.40. The van der Waals surface area contributed by atoms with E-state index in [1.165, 1.54) is 33.5 Å². The first kappa shape index (κ1) is 12.6. The van der Waals surface area contributed by atoms with E-state index in [9.17, 15) is 0 Å². The number of benzene rings is 1. The van der Waals surface area contributed by atoms with Gasteiger partial charge in [0, 0.05) is 23.2 Å². The quantitative estimate of drug-likeness (QED) is 0.640. The molecule has 1 aliphatic heterocycles. The van der Waals surface area contributed by atoms with Gasteiger partial charge >= 0.3 is 0 Å². The van der Waals surface area contributed by atoms with Gasteiger partial charge in [-0.05, 0) is 63.8 Å². The van der Waals surface area contributed by atoms with Crippen LogP contribution in [0.5, 0.6) is 0 Å². The first-order valence-electron chi connectivity index (χ1n) is 6.10. The van der Waals surface area contributed by atoms with Crippen molar-refractivity contribution in [2.75, 3.05) is 11.9 Å². The third-order valence-electron chi connectivity index (χ3n) is 4.61. The minimum Gasteiger partial charge on any atom is -0.364 e. The molecule has 0 aromatic heterocycles. The largest absolute Gasteiger partial charge is 0.364 e. The summed E-state index contributed by atoms with van der Waals surface area (Å²) >= 11 is 5.70. The molecule has 0 aliphatic carbocycles. The van der Waals surface area contributed by atoms with Gasteiger partial charge < -0.3 is 4.90 Å². The van der Waals surface area contributed by atoms with Crippen LogP contribution < -0.4 is 4.90 Å². The second-order valence-electron chi connectivity index (χ2n) is 5.67. The molecule has 1 aliphatic rings. The zero-order chi connectivity index (χ0) is 13.1. The van der Waals surface area contributed by atoms with Crippen LogP contribution in [0, 0.1) is 27.7 Å². The fourth-order valence-corrected chi connectivity index (χ4v) is 3.11. The Bertz CT molecular complexity index is 526. The fraction of sp³-hybridized carbons (Fsp3) is 0.533. The van der Waals surface area contributed by atoms with Crippen LogP contribution in [0.15, 0.2) is 0 Å². The van der Waals surface area contributed by atoms with Crippen molar-refractivity contribution >= 4 is 22.8 Å². The monoisotopic (exact) mass is 247 g/mol. The highest BCUT2D eigenvalue weighted by atomic mass is 32.1. The van der Waals surface area contributed by atoms with Gasteiger partial charge in [-0.25, -0.2) is 0 Å². The lowest BCUT2D eigenvalue weighted by molar-refractivity contribution is 0.667. The van der Waals surface area contributed by atoms with Crippen LogP contribution in [0.25, 0.3) is 0 Å². The van der Waals surface area contributed by atoms with Gasteiger partial charge in [-0.1, -0.05) is 12.2 Å². The van der Waals surface area contributed by atoms with Crippen molar-refractivity contribution in [2.45, 2.75) is 47.1 Å². The summed E-state index contributed by atoms with van der Waals surface area (Å²) in [6.07, 6.45) is 0. The molecule has 0 amide bonds. The predicted octanol–water partition coefficient (Wildman–Crippen LogP) is 3.87. The maximum Gasteiger partial charge on any atom is 0.0702 e. The summed E-state index contributed by atoms with van der Waals surface area (Å²) in [5, 5.41) is 0. The molecule has 2 heteroatoms. The Kier molecular flexibility index (Phi) is 2.62. The lowest BCUT2D eigenvalue weighted by Crippen LogP contribution is -2.42. The molecule has 92 valence electrons. The minimum absolute atomic E-state index is 0.0482. The summed E-state index contributed by atoms with van der Waals surface area (Å²) in [5.74, 6) is 0.